The number of methoxy groups -OCH3 is 1. The van der Waals surface area contributed by atoms with E-state index in [0.717, 1.165) is 0 Å². The lowest BCUT2D eigenvalue weighted by Crippen LogP contribution is -2.20. The Morgan fingerprint density at radius 1 is 1.38 bits per heavy atom. The lowest BCUT2D eigenvalue weighted by atomic mass is 10.1. The molecule has 0 saturated carbocycles. The molecule has 4 N–H and O–H groups in total. The third kappa shape index (κ3) is 3.06. The fourth-order valence-corrected chi connectivity index (χ4v) is 1.70. The van der Waals surface area contributed by atoms with Gasteiger partial charge in [0.2, 0.25) is 0 Å². The number of nitrogens with zero attached hydrogens (tertiary/aromatic N) is 3. The number of nitrogens with one attached hydrogen (secondary N) is 1. The van der Waals surface area contributed by atoms with E-state index in [1.165, 1.54) is 25.8 Å². The van der Waals surface area contributed by atoms with Gasteiger partial charge in [0.25, 0.3) is 5.91 Å². The number of hydrogen-bond acceptors (Lipinski definition) is 6. The number of anilines is 1. The summed E-state index contributed by atoms with van der Waals surface area (Å²) in [4.78, 5) is 19.7. The zero-order valence-corrected chi connectivity index (χ0v) is 11.1. The number of para-hydroxylation sites is 1. The number of carbonyl (C=O) groups excluding carboxylic acids is 1. The maximum absolute atomic E-state index is 12.2. The highest BCUT2D eigenvalue weighted by atomic mass is 16.5. The van der Waals surface area contributed by atoms with Gasteiger partial charge in [-0.05, 0) is 12.1 Å². The van der Waals surface area contributed by atoms with Gasteiger partial charge in [0.1, 0.15) is 12.1 Å². The molecule has 0 atom stereocenters. The fourth-order valence-electron chi connectivity index (χ4n) is 1.70. The molecule has 0 fully saturated rings. The molecule has 8 heteroatoms. The number of amidine groups is 1. The molecule has 21 heavy (non-hydrogen) atoms. The van der Waals surface area contributed by atoms with Gasteiger partial charge in [0.05, 0.1) is 18.4 Å². The minimum absolute atomic E-state index is 0.145. The van der Waals surface area contributed by atoms with Crippen LogP contribution in [0.5, 0.6) is 5.75 Å². The molecular weight excluding hydrogens is 274 g/mol. The van der Waals surface area contributed by atoms with Crippen LogP contribution in [-0.4, -0.2) is 34.0 Å². The molecule has 8 nitrogen and oxygen atoms in total. The number of amides is 1. The number of nitrogens with two attached hydrogens (primary N) is 1. The highest BCUT2D eigenvalue weighted by Crippen LogP contribution is 2.28. The van der Waals surface area contributed by atoms with Crippen molar-refractivity contribution in [2.24, 2.45) is 10.9 Å². The summed E-state index contributed by atoms with van der Waals surface area (Å²) in [5, 5.41) is 14.4. The van der Waals surface area contributed by atoms with E-state index in [4.69, 9.17) is 15.7 Å². The monoisotopic (exact) mass is 287 g/mol. The van der Waals surface area contributed by atoms with Crippen molar-refractivity contribution >= 4 is 17.4 Å². The van der Waals surface area contributed by atoms with Crippen molar-refractivity contribution in [3.05, 3.63) is 48.0 Å². The van der Waals surface area contributed by atoms with Crippen LogP contribution in [0, 0.1) is 0 Å². The smallest absolute Gasteiger partial charge is 0.258 e. The maximum Gasteiger partial charge on any atom is 0.258 e. The van der Waals surface area contributed by atoms with Crippen molar-refractivity contribution < 1.29 is 14.7 Å². The molecule has 0 bridgehead atoms. The SMILES string of the molecule is COc1cccc(/C(N)=N/O)c1NC(=O)c1cncnc1. The molecule has 1 amide bonds. The summed E-state index contributed by atoms with van der Waals surface area (Å²) in [5.74, 6) is -0.204. The van der Waals surface area contributed by atoms with Crippen molar-refractivity contribution in [3.63, 3.8) is 0 Å². The molecule has 0 spiro atoms. The van der Waals surface area contributed by atoms with Crippen molar-refractivity contribution in [2.45, 2.75) is 0 Å². The van der Waals surface area contributed by atoms with E-state index in [1.807, 2.05) is 0 Å². The molecule has 1 aromatic heterocycles. The van der Waals surface area contributed by atoms with E-state index < -0.39 is 5.91 Å². The summed E-state index contributed by atoms with van der Waals surface area (Å²) in [5.41, 5.74) is 6.50. The van der Waals surface area contributed by atoms with Gasteiger partial charge < -0.3 is 21.0 Å². The Bertz CT molecular complexity index is 673. The second-order valence-corrected chi connectivity index (χ2v) is 3.95. The van der Waals surface area contributed by atoms with Crippen LogP contribution in [0.3, 0.4) is 0 Å². The first-order valence-corrected chi connectivity index (χ1v) is 5.88. The molecule has 1 heterocycles. The van der Waals surface area contributed by atoms with Gasteiger partial charge in [0, 0.05) is 18.0 Å². The Morgan fingerprint density at radius 3 is 2.71 bits per heavy atom. The largest absolute Gasteiger partial charge is 0.495 e. The summed E-state index contributed by atoms with van der Waals surface area (Å²) >= 11 is 0. The van der Waals surface area contributed by atoms with Crippen LogP contribution in [0.2, 0.25) is 0 Å². The van der Waals surface area contributed by atoms with Gasteiger partial charge >= 0.3 is 0 Å². The Balaban J connectivity index is 2.41. The lowest BCUT2D eigenvalue weighted by molar-refractivity contribution is 0.102. The normalized spacial score (nSPS) is 11.0. The van der Waals surface area contributed by atoms with Crippen LogP contribution in [0.25, 0.3) is 0 Å². The van der Waals surface area contributed by atoms with Crippen molar-refractivity contribution in [1.82, 2.24) is 9.97 Å². The number of rotatable bonds is 4. The summed E-state index contributed by atoms with van der Waals surface area (Å²) in [6.07, 6.45) is 4.07. The molecular formula is C13H13N5O3. The fraction of sp³-hybridized carbons (Fsp3) is 0.0769. The Kier molecular flexibility index (Phi) is 4.30. The molecule has 2 rings (SSSR count). The van der Waals surface area contributed by atoms with Crippen LogP contribution in [0.4, 0.5) is 5.69 Å². The molecule has 0 aliphatic carbocycles. The predicted octanol–water partition coefficient (Wildman–Crippen LogP) is 0.832. The molecule has 0 radical (unpaired) electrons. The van der Waals surface area contributed by atoms with Crippen LogP contribution in [0.1, 0.15) is 15.9 Å². The average molecular weight is 287 g/mol. The number of aromatic nitrogens is 2. The van der Waals surface area contributed by atoms with E-state index in [-0.39, 0.29) is 11.4 Å². The topological polar surface area (TPSA) is 123 Å². The quantitative estimate of drug-likeness (QED) is 0.331. The first kappa shape index (κ1) is 14.3. The number of benzene rings is 1. The summed E-state index contributed by atoms with van der Waals surface area (Å²) < 4.78 is 5.18. The molecule has 0 unspecified atom stereocenters. The van der Waals surface area contributed by atoms with Crippen LogP contribution >= 0.6 is 0 Å². The van der Waals surface area contributed by atoms with E-state index in [1.54, 1.807) is 18.2 Å². The van der Waals surface area contributed by atoms with Crippen molar-refractivity contribution in [3.8, 4) is 5.75 Å². The highest BCUT2D eigenvalue weighted by Gasteiger charge is 2.16. The van der Waals surface area contributed by atoms with E-state index in [9.17, 15) is 4.79 Å². The molecule has 0 aliphatic heterocycles. The van der Waals surface area contributed by atoms with Gasteiger partial charge in [0.15, 0.2) is 5.84 Å². The highest BCUT2D eigenvalue weighted by molar-refractivity contribution is 6.10. The number of ether oxygens (including phenoxy) is 1. The van der Waals surface area contributed by atoms with Gasteiger partial charge in [-0.1, -0.05) is 11.2 Å². The predicted molar refractivity (Wildman–Crippen MR) is 75.5 cm³/mol. The summed E-state index contributed by atoms with van der Waals surface area (Å²) in [7, 11) is 1.45. The van der Waals surface area contributed by atoms with Crippen molar-refractivity contribution in [2.75, 3.05) is 12.4 Å². The second-order valence-electron chi connectivity index (χ2n) is 3.95. The zero-order valence-electron chi connectivity index (χ0n) is 11.1. The molecule has 108 valence electrons. The third-order valence-corrected chi connectivity index (χ3v) is 2.69. The van der Waals surface area contributed by atoms with E-state index >= 15 is 0 Å². The minimum atomic E-state index is -0.438. The lowest BCUT2D eigenvalue weighted by Gasteiger charge is -2.14. The van der Waals surface area contributed by atoms with Crippen molar-refractivity contribution in [1.29, 1.82) is 0 Å². The molecule has 1 aromatic carbocycles. The molecule has 0 saturated heterocycles. The van der Waals surface area contributed by atoms with Gasteiger partial charge in [-0.25, -0.2) is 9.97 Å². The Morgan fingerprint density at radius 2 is 2.10 bits per heavy atom. The molecule has 0 aliphatic rings. The van der Waals surface area contributed by atoms with E-state index in [2.05, 4.69) is 20.4 Å². The van der Waals surface area contributed by atoms with Crippen LogP contribution in [-0.2, 0) is 0 Å². The average Bonchev–Trinajstić information content (AvgIpc) is 2.55. The maximum atomic E-state index is 12.2. The summed E-state index contributed by atoms with van der Waals surface area (Å²) in [6.45, 7) is 0. The minimum Gasteiger partial charge on any atom is -0.495 e. The van der Waals surface area contributed by atoms with Crippen LogP contribution in [0.15, 0.2) is 42.1 Å². The Labute approximate surface area is 120 Å². The number of oxime groups is 1. The summed E-state index contributed by atoms with van der Waals surface area (Å²) in [6, 6.07) is 4.90. The Hall–Kier alpha value is -3.16. The standard InChI is InChI=1S/C13H13N5O3/c1-21-10-4-2-3-9(12(14)18-20)11(10)17-13(19)8-5-15-7-16-6-8/h2-7,20H,1H3,(H2,14,18)(H,17,19). The third-order valence-electron chi connectivity index (χ3n) is 2.69. The first-order valence-electron chi connectivity index (χ1n) is 5.88. The van der Waals surface area contributed by atoms with Crippen LogP contribution < -0.4 is 15.8 Å². The molecule has 2 aromatic rings. The number of carbonyl (C=O) groups is 1. The second kappa shape index (κ2) is 6.33. The first-order chi connectivity index (χ1) is 10.2. The van der Waals surface area contributed by atoms with Gasteiger partial charge in [-0.15, -0.1) is 0 Å². The van der Waals surface area contributed by atoms with E-state index in [0.29, 0.717) is 17.0 Å². The number of hydrogen-bond donors (Lipinski definition) is 3. The zero-order chi connectivity index (χ0) is 15.2. The van der Waals surface area contributed by atoms with Gasteiger partial charge in [-0.3, -0.25) is 4.79 Å². The van der Waals surface area contributed by atoms with Gasteiger partial charge in [-0.2, -0.15) is 0 Å².